The van der Waals surface area contributed by atoms with Gasteiger partial charge in [0.1, 0.15) is 0 Å². The fraction of sp³-hybridized carbons (Fsp3) is 0.526. The predicted octanol–water partition coefficient (Wildman–Crippen LogP) is 4.06. The number of nitrogens with zero attached hydrogens (tertiary/aromatic N) is 1. The third-order valence-corrected chi connectivity index (χ3v) is 5.94. The van der Waals surface area contributed by atoms with E-state index in [4.69, 9.17) is 0 Å². The van der Waals surface area contributed by atoms with E-state index in [2.05, 4.69) is 19.1 Å². The molecule has 1 heterocycles. The van der Waals surface area contributed by atoms with Gasteiger partial charge in [-0.05, 0) is 55.7 Å². The molecule has 2 bridgehead atoms. The van der Waals surface area contributed by atoms with Crippen LogP contribution in [0.15, 0.2) is 29.8 Å². The average Bonchev–Trinajstić information content (AvgIpc) is 2.54. The van der Waals surface area contributed by atoms with Crippen molar-refractivity contribution in [3.63, 3.8) is 0 Å². The Bertz CT molecular complexity index is 737. The van der Waals surface area contributed by atoms with Crippen LogP contribution in [0.25, 0.3) is 0 Å². The second-order valence-electron chi connectivity index (χ2n) is 7.26. The van der Waals surface area contributed by atoms with Gasteiger partial charge in [-0.3, -0.25) is 4.79 Å². The molecular weight excluding hydrogens is 315 g/mol. The zero-order chi connectivity index (χ0) is 17.1. The maximum absolute atomic E-state index is 13.0. The smallest absolute Gasteiger partial charge is 0.328 e. The first kappa shape index (κ1) is 15.7. The van der Waals surface area contributed by atoms with Gasteiger partial charge in [0.2, 0.25) is 0 Å². The summed E-state index contributed by atoms with van der Waals surface area (Å²) >= 11 is 0. The number of rotatable bonds is 0. The van der Waals surface area contributed by atoms with Crippen molar-refractivity contribution in [2.75, 3.05) is 6.54 Å². The molecule has 1 amide bonds. The van der Waals surface area contributed by atoms with Gasteiger partial charge < -0.3 is 4.90 Å². The molecule has 128 valence electrons. The van der Waals surface area contributed by atoms with E-state index >= 15 is 0 Å². The summed E-state index contributed by atoms with van der Waals surface area (Å²) in [7, 11) is 0. The highest BCUT2D eigenvalue weighted by molar-refractivity contribution is 5.83. The van der Waals surface area contributed by atoms with Crippen LogP contribution in [-0.4, -0.2) is 29.6 Å². The number of benzene rings is 1. The van der Waals surface area contributed by atoms with Gasteiger partial charge in [-0.25, -0.2) is 0 Å². The molecule has 2 atom stereocenters. The minimum atomic E-state index is -4.80. The van der Waals surface area contributed by atoms with Crippen LogP contribution in [0, 0.1) is 6.92 Å². The minimum absolute atomic E-state index is 0.162. The van der Waals surface area contributed by atoms with E-state index in [1.807, 2.05) is 12.1 Å². The number of carbonyl (C=O) groups is 1. The molecule has 1 saturated heterocycles. The molecule has 0 spiro atoms. The molecule has 1 aliphatic heterocycles. The Balaban J connectivity index is 1.85. The first-order chi connectivity index (χ1) is 11.3. The fourth-order valence-electron chi connectivity index (χ4n) is 4.93. The van der Waals surface area contributed by atoms with Crippen LogP contribution in [0.4, 0.5) is 13.2 Å². The molecule has 0 N–H and O–H groups in total. The van der Waals surface area contributed by atoms with Crippen molar-refractivity contribution in [1.82, 2.24) is 4.90 Å². The number of halogens is 3. The maximum Gasteiger partial charge on any atom is 0.471 e. The lowest BCUT2D eigenvalue weighted by molar-refractivity contribution is -0.188. The summed E-state index contributed by atoms with van der Waals surface area (Å²) in [6.07, 6.45) is 1.30. The van der Waals surface area contributed by atoms with E-state index in [1.165, 1.54) is 11.1 Å². The number of likely N-dealkylation sites (tertiary alicyclic amines) is 1. The van der Waals surface area contributed by atoms with E-state index < -0.39 is 18.1 Å². The van der Waals surface area contributed by atoms with Gasteiger partial charge >= 0.3 is 12.1 Å². The van der Waals surface area contributed by atoms with Gasteiger partial charge in [0.15, 0.2) is 0 Å². The Labute approximate surface area is 139 Å². The number of hydrogen-bond acceptors (Lipinski definition) is 1. The molecule has 1 aromatic carbocycles. The summed E-state index contributed by atoms with van der Waals surface area (Å²) in [6.45, 7) is 2.24. The van der Waals surface area contributed by atoms with Crippen molar-refractivity contribution in [2.24, 2.45) is 0 Å². The number of amides is 1. The molecule has 0 aromatic heterocycles. The van der Waals surface area contributed by atoms with Crippen LogP contribution in [-0.2, 0) is 16.6 Å². The Morgan fingerprint density at radius 1 is 1.29 bits per heavy atom. The number of hydrogen-bond donors (Lipinski definition) is 0. The molecule has 5 heteroatoms. The fourth-order valence-corrected chi connectivity index (χ4v) is 4.93. The van der Waals surface area contributed by atoms with Gasteiger partial charge in [0.05, 0.1) is 6.04 Å². The molecule has 1 fully saturated rings. The number of allylic oxidation sites excluding steroid dienone is 1. The van der Waals surface area contributed by atoms with Crippen molar-refractivity contribution in [2.45, 2.75) is 56.7 Å². The first-order valence-corrected chi connectivity index (χ1v) is 8.51. The Hall–Kier alpha value is -1.78. The van der Waals surface area contributed by atoms with Crippen molar-refractivity contribution in [3.05, 3.63) is 46.5 Å². The van der Waals surface area contributed by atoms with E-state index in [-0.39, 0.29) is 12.0 Å². The van der Waals surface area contributed by atoms with Crippen molar-refractivity contribution in [1.29, 1.82) is 0 Å². The lowest BCUT2D eigenvalue weighted by Crippen LogP contribution is -2.59. The van der Waals surface area contributed by atoms with E-state index in [9.17, 15) is 18.0 Å². The van der Waals surface area contributed by atoms with Crippen LogP contribution in [0.3, 0.4) is 0 Å². The van der Waals surface area contributed by atoms with Crippen LogP contribution in [0.1, 0.15) is 42.4 Å². The Morgan fingerprint density at radius 3 is 2.83 bits per heavy atom. The normalized spacial score (nSPS) is 28.8. The standard InChI is InChI=1S/C19H20F3NO/c1-12-5-6-13-11-16-14-4-2-3-7-18(14,15(13)10-12)8-9-23(16)17(24)19(20,21)22/h4-6,10,16H,2-3,7-9,11H2,1H3. The average molecular weight is 335 g/mol. The van der Waals surface area contributed by atoms with Crippen LogP contribution in [0.2, 0.25) is 0 Å². The molecular formula is C19H20F3NO. The largest absolute Gasteiger partial charge is 0.471 e. The first-order valence-electron chi connectivity index (χ1n) is 8.51. The van der Waals surface area contributed by atoms with Gasteiger partial charge in [-0.15, -0.1) is 0 Å². The molecule has 4 rings (SSSR count). The summed E-state index contributed by atoms with van der Waals surface area (Å²) in [6, 6.07) is 5.81. The Kier molecular flexibility index (Phi) is 3.35. The Morgan fingerprint density at radius 2 is 2.08 bits per heavy atom. The summed E-state index contributed by atoms with van der Waals surface area (Å²) in [5.74, 6) is -1.69. The third-order valence-electron chi connectivity index (χ3n) is 5.94. The molecule has 2 unspecified atom stereocenters. The molecule has 1 aromatic rings. The number of fused-ring (bicyclic) bond motifs is 1. The quantitative estimate of drug-likeness (QED) is 0.655. The van der Waals surface area contributed by atoms with Gasteiger partial charge in [-0.1, -0.05) is 29.8 Å². The zero-order valence-corrected chi connectivity index (χ0v) is 13.6. The summed E-state index contributed by atoms with van der Waals surface area (Å²) < 4.78 is 39.1. The SMILES string of the molecule is Cc1ccc2c(c1)C13CCCC=C1C(C2)N(C(=O)C(F)(F)F)CC3. The summed E-state index contributed by atoms with van der Waals surface area (Å²) in [4.78, 5) is 13.0. The molecule has 2 aliphatic carbocycles. The van der Waals surface area contributed by atoms with Crippen molar-refractivity contribution >= 4 is 5.91 Å². The summed E-state index contributed by atoms with van der Waals surface area (Å²) in [5.41, 5.74) is 4.45. The number of piperidine rings is 1. The molecule has 0 saturated carbocycles. The second-order valence-corrected chi connectivity index (χ2v) is 7.26. The van der Waals surface area contributed by atoms with Crippen LogP contribution in [0.5, 0.6) is 0 Å². The maximum atomic E-state index is 13.0. The molecule has 24 heavy (non-hydrogen) atoms. The highest BCUT2D eigenvalue weighted by atomic mass is 19.4. The monoisotopic (exact) mass is 335 g/mol. The molecule has 0 radical (unpaired) electrons. The molecule has 2 nitrogen and oxygen atoms in total. The summed E-state index contributed by atoms with van der Waals surface area (Å²) in [5, 5.41) is 0. The number of carbonyl (C=O) groups excluding carboxylic acids is 1. The lowest BCUT2D eigenvalue weighted by Gasteiger charge is -2.55. The van der Waals surface area contributed by atoms with E-state index in [1.54, 1.807) is 0 Å². The van der Waals surface area contributed by atoms with E-state index in [0.717, 1.165) is 35.3 Å². The van der Waals surface area contributed by atoms with Gasteiger partial charge in [0.25, 0.3) is 0 Å². The van der Waals surface area contributed by atoms with Gasteiger partial charge in [0, 0.05) is 12.0 Å². The van der Waals surface area contributed by atoms with Crippen LogP contribution < -0.4 is 0 Å². The van der Waals surface area contributed by atoms with Crippen LogP contribution >= 0.6 is 0 Å². The second kappa shape index (κ2) is 5.11. The van der Waals surface area contributed by atoms with Crippen molar-refractivity contribution in [3.8, 4) is 0 Å². The molecule has 3 aliphatic rings. The third kappa shape index (κ3) is 2.13. The lowest BCUT2D eigenvalue weighted by atomic mass is 9.56. The van der Waals surface area contributed by atoms with Crippen molar-refractivity contribution < 1.29 is 18.0 Å². The van der Waals surface area contributed by atoms with Gasteiger partial charge in [-0.2, -0.15) is 13.2 Å². The zero-order valence-electron chi connectivity index (χ0n) is 13.6. The predicted molar refractivity (Wildman–Crippen MR) is 84.7 cm³/mol. The number of aryl methyl sites for hydroxylation is 1. The highest BCUT2D eigenvalue weighted by Crippen LogP contribution is 2.54. The highest BCUT2D eigenvalue weighted by Gasteiger charge is 2.54. The van der Waals surface area contributed by atoms with E-state index in [0.29, 0.717) is 12.8 Å². The number of alkyl halides is 3. The minimum Gasteiger partial charge on any atom is -0.328 e. The topological polar surface area (TPSA) is 20.3 Å².